The molecule has 4 rings (SSSR count). The van der Waals surface area contributed by atoms with Crippen molar-refractivity contribution in [1.82, 2.24) is 35.1 Å². The van der Waals surface area contributed by atoms with Crippen molar-refractivity contribution in [3.63, 3.8) is 0 Å². The minimum absolute atomic E-state index is 0.0361. The fourth-order valence-electron chi connectivity index (χ4n) is 3.45. The van der Waals surface area contributed by atoms with Gasteiger partial charge in [0, 0.05) is 36.0 Å². The normalized spacial score (nSPS) is 15.3. The molecule has 1 amide bonds. The molecule has 1 aliphatic heterocycles. The Balaban J connectivity index is 1.23. The van der Waals surface area contributed by atoms with Crippen LogP contribution < -0.4 is 4.74 Å². The van der Waals surface area contributed by atoms with Crippen molar-refractivity contribution in [1.29, 1.82) is 0 Å². The summed E-state index contributed by atoms with van der Waals surface area (Å²) in [6.45, 7) is 3.47. The smallest absolute Gasteiger partial charge is 0.415 e. The monoisotopic (exact) mass is 503 g/mol. The molecular formula is C21H25N7O4S2. The first-order chi connectivity index (χ1) is 16.5. The first-order valence-corrected chi connectivity index (χ1v) is 12.6. The minimum atomic E-state index is -0.893. The van der Waals surface area contributed by atoms with Crippen molar-refractivity contribution >= 4 is 35.6 Å². The fourth-order valence-corrected chi connectivity index (χ4v) is 5.41. The van der Waals surface area contributed by atoms with Gasteiger partial charge < -0.3 is 19.7 Å². The molecule has 0 aliphatic carbocycles. The van der Waals surface area contributed by atoms with E-state index in [0.717, 1.165) is 23.6 Å². The van der Waals surface area contributed by atoms with E-state index in [1.165, 1.54) is 16.4 Å². The molecule has 0 bridgehead atoms. The summed E-state index contributed by atoms with van der Waals surface area (Å²) in [5.41, 5.74) is 1.12. The van der Waals surface area contributed by atoms with E-state index in [4.69, 9.17) is 9.84 Å². The summed E-state index contributed by atoms with van der Waals surface area (Å²) in [4.78, 5) is 32.4. The quantitative estimate of drug-likeness (QED) is 0.417. The number of carbonyl (C=O) groups excluding carboxylic acids is 1. The molecule has 0 spiro atoms. The number of ether oxygens (including phenoxy) is 1. The molecule has 11 nitrogen and oxygen atoms in total. The number of amides is 1. The molecule has 0 saturated carbocycles. The van der Waals surface area contributed by atoms with E-state index in [0.29, 0.717) is 24.0 Å². The van der Waals surface area contributed by atoms with Gasteiger partial charge in [0.1, 0.15) is 5.75 Å². The first kappa shape index (κ1) is 24.1. The molecule has 1 aliphatic rings. The topological polar surface area (TPSA) is 139 Å². The van der Waals surface area contributed by atoms with Gasteiger partial charge in [0.05, 0.1) is 13.0 Å². The number of aliphatic carboxylic acids is 1. The number of tetrazole rings is 1. The van der Waals surface area contributed by atoms with E-state index in [-0.39, 0.29) is 29.6 Å². The number of aromatic amines is 1. The molecule has 0 radical (unpaired) electrons. The lowest BCUT2D eigenvalue weighted by molar-refractivity contribution is -0.137. The van der Waals surface area contributed by atoms with Gasteiger partial charge >= 0.3 is 12.1 Å². The first-order valence-electron chi connectivity index (χ1n) is 10.9. The number of piperidine rings is 1. The molecule has 2 aromatic heterocycles. The molecule has 3 heterocycles. The SMILES string of the molecule is CC(Sc1ncc[nH]1)c1ccc(OC(=O)N2CCC(Sc3nnnn3CCC(=O)O)CC2)cc1. The maximum Gasteiger partial charge on any atom is 0.415 e. The van der Waals surface area contributed by atoms with Crippen LogP contribution >= 0.6 is 23.5 Å². The highest BCUT2D eigenvalue weighted by Gasteiger charge is 2.26. The number of aromatic nitrogens is 6. The molecule has 1 unspecified atom stereocenters. The van der Waals surface area contributed by atoms with Crippen LogP contribution in [0.1, 0.15) is 37.0 Å². The third-order valence-corrected chi connectivity index (χ3v) is 7.71. The van der Waals surface area contributed by atoms with Crippen LogP contribution in [0.4, 0.5) is 4.79 Å². The van der Waals surface area contributed by atoms with E-state index in [9.17, 15) is 9.59 Å². The largest absolute Gasteiger partial charge is 0.481 e. The third kappa shape index (κ3) is 6.50. The number of carbonyl (C=O) groups is 2. The number of carboxylic acid groups (broad SMARTS) is 1. The second-order valence-corrected chi connectivity index (χ2v) is 10.3. The molecule has 180 valence electrons. The maximum absolute atomic E-state index is 12.6. The van der Waals surface area contributed by atoms with Crippen LogP contribution in [0.3, 0.4) is 0 Å². The second kappa shape index (κ2) is 11.4. The highest BCUT2D eigenvalue weighted by atomic mass is 32.2. The summed E-state index contributed by atoms with van der Waals surface area (Å²) in [6.07, 6.45) is 4.67. The van der Waals surface area contributed by atoms with Gasteiger partial charge in [-0.05, 0) is 47.9 Å². The Morgan fingerprint density at radius 1 is 1.26 bits per heavy atom. The van der Waals surface area contributed by atoms with Gasteiger partial charge in [0.15, 0.2) is 5.16 Å². The summed E-state index contributed by atoms with van der Waals surface area (Å²) < 4.78 is 7.08. The van der Waals surface area contributed by atoms with Crippen LogP contribution in [0.2, 0.25) is 0 Å². The number of aryl methyl sites for hydroxylation is 1. The Hall–Kier alpha value is -3.06. The predicted octanol–water partition coefficient (Wildman–Crippen LogP) is 3.48. The number of carboxylic acids is 1. The van der Waals surface area contributed by atoms with Crippen molar-refractivity contribution in [2.45, 2.75) is 53.5 Å². The predicted molar refractivity (Wildman–Crippen MR) is 126 cm³/mol. The average molecular weight is 504 g/mol. The summed E-state index contributed by atoms with van der Waals surface area (Å²) in [5, 5.41) is 22.3. The van der Waals surface area contributed by atoms with Crippen molar-refractivity contribution in [2.24, 2.45) is 0 Å². The Morgan fingerprint density at radius 3 is 2.71 bits per heavy atom. The Morgan fingerprint density at radius 2 is 2.03 bits per heavy atom. The number of rotatable bonds is 9. The van der Waals surface area contributed by atoms with Gasteiger partial charge in [0.2, 0.25) is 5.16 Å². The lowest BCUT2D eigenvalue weighted by atomic mass is 10.1. The molecule has 3 aromatic rings. The number of H-pyrrole nitrogens is 1. The summed E-state index contributed by atoms with van der Waals surface area (Å²) >= 11 is 3.15. The summed E-state index contributed by atoms with van der Waals surface area (Å²) in [5.74, 6) is -0.381. The summed E-state index contributed by atoms with van der Waals surface area (Å²) in [6, 6.07) is 7.54. The van der Waals surface area contributed by atoms with E-state index in [2.05, 4.69) is 32.4 Å². The van der Waals surface area contributed by atoms with Crippen LogP contribution in [0.25, 0.3) is 0 Å². The van der Waals surface area contributed by atoms with Crippen molar-refractivity contribution in [2.75, 3.05) is 13.1 Å². The average Bonchev–Trinajstić information content (AvgIpc) is 3.50. The molecule has 1 fully saturated rings. The molecule has 1 atom stereocenters. The van der Waals surface area contributed by atoms with E-state index < -0.39 is 5.97 Å². The van der Waals surface area contributed by atoms with E-state index in [1.807, 2.05) is 24.3 Å². The minimum Gasteiger partial charge on any atom is -0.481 e. The van der Waals surface area contributed by atoms with Gasteiger partial charge in [-0.25, -0.2) is 14.5 Å². The van der Waals surface area contributed by atoms with Crippen LogP contribution in [0.5, 0.6) is 5.75 Å². The standard InChI is InChI=1S/C21H25N7O4S2/c1-14(33-19-22-9-10-23-19)15-2-4-16(5-3-15)32-21(31)27-11-6-17(7-12-27)34-20-24-25-26-28(20)13-8-18(29)30/h2-5,9-10,14,17H,6-8,11-13H2,1H3,(H,22,23)(H,29,30). The number of nitrogens with zero attached hydrogens (tertiary/aromatic N) is 6. The van der Waals surface area contributed by atoms with Gasteiger partial charge in [-0.15, -0.1) is 5.10 Å². The zero-order valence-corrected chi connectivity index (χ0v) is 20.2. The molecule has 1 aromatic carbocycles. The van der Waals surface area contributed by atoms with Crippen LogP contribution in [0.15, 0.2) is 47.0 Å². The van der Waals surface area contributed by atoms with Gasteiger partial charge in [-0.3, -0.25) is 4.79 Å². The van der Waals surface area contributed by atoms with Crippen LogP contribution in [-0.4, -0.2) is 70.6 Å². The highest BCUT2D eigenvalue weighted by Crippen LogP contribution is 2.33. The van der Waals surface area contributed by atoms with Crippen molar-refractivity contribution in [3.05, 3.63) is 42.2 Å². The Bertz CT molecular complexity index is 1080. The number of hydrogen-bond acceptors (Lipinski definition) is 9. The Labute approximate surface area is 204 Å². The van der Waals surface area contributed by atoms with Crippen molar-refractivity contribution < 1.29 is 19.4 Å². The lowest BCUT2D eigenvalue weighted by Gasteiger charge is -2.30. The molecular weight excluding hydrogens is 478 g/mol. The number of likely N-dealkylation sites (tertiary alicyclic amines) is 1. The third-order valence-electron chi connectivity index (χ3n) is 5.32. The van der Waals surface area contributed by atoms with Gasteiger partial charge in [-0.1, -0.05) is 35.7 Å². The number of nitrogens with one attached hydrogen (secondary N) is 1. The number of benzene rings is 1. The van der Waals surface area contributed by atoms with Gasteiger partial charge in [-0.2, -0.15) is 0 Å². The fraction of sp³-hybridized carbons (Fsp3) is 0.429. The molecule has 1 saturated heterocycles. The van der Waals surface area contributed by atoms with Crippen LogP contribution in [-0.2, 0) is 11.3 Å². The molecule has 34 heavy (non-hydrogen) atoms. The van der Waals surface area contributed by atoms with Crippen LogP contribution in [0, 0.1) is 0 Å². The van der Waals surface area contributed by atoms with E-state index >= 15 is 0 Å². The molecule has 13 heteroatoms. The van der Waals surface area contributed by atoms with Crippen molar-refractivity contribution in [3.8, 4) is 5.75 Å². The zero-order chi connectivity index (χ0) is 23.9. The molecule has 2 N–H and O–H groups in total. The Kier molecular flexibility index (Phi) is 8.06. The maximum atomic E-state index is 12.6. The number of imidazole rings is 1. The van der Waals surface area contributed by atoms with E-state index in [1.54, 1.807) is 29.1 Å². The number of hydrogen-bond donors (Lipinski definition) is 2. The number of thioether (sulfide) groups is 2. The zero-order valence-electron chi connectivity index (χ0n) is 18.5. The lowest BCUT2D eigenvalue weighted by Crippen LogP contribution is -2.41. The summed E-state index contributed by atoms with van der Waals surface area (Å²) in [7, 11) is 0. The van der Waals surface area contributed by atoms with Gasteiger partial charge in [0.25, 0.3) is 0 Å². The highest BCUT2D eigenvalue weighted by molar-refractivity contribution is 7.99. The second-order valence-electron chi connectivity index (χ2n) is 7.72.